The van der Waals surface area contributed by atoms with E-state index in [0.29, 0.717) is 11.0 Å². The Bertz CT molecular complexity index is 988. The maximum Gasteiger partial charge on any atom is 2.00 e. The van der Waals surface area contributed by atoms with Crippen molar-refractivity contribution >= 4 is 54.7 Å². The predicted octanol–water partition coefficient (Wildman–Crippen LogP) is 4.12. The van der Waals surface area contributed by atoms with Crippen LogP contribution in [0, 0.1) is 0 Å². The van der Waals surface area contributed by atoms with Crippen molar-refractivity contribution in [2.75, 3.05) is 6.61 Å². The quantitative estimate of drug-likeness (QED) is 0.311. The molecule has 0 spiro atoms. The Morgan fingerprint density at radius 1 is 1.04 bits per heavy atom. The molecule has 0 aliphatic carbocycles. The van der Waals surface area contributed by atoms with Gasteiger partial charge in [0.1, 0.15) is 4.90 Å². The zero-order chi connectivity index (χ0) is 15.7. The van der Waals surface area contributed by atoms with Gasteiger partial charge >= 0.3 is 23.1 Å². The van der Waals surface area contributed by atoms with Crippen molar-refractivity contribution in [3.8, 4) is 0 Å². The first-order valence-electron chi connectivity index (χ1n) is 6.93. The standard InChI is InChI=1S/C18H16O3S.Mg.2H/c1-13(2)12-21-22(19,20)18-9-5-8-16-10-14-6-3-4-7-15(14)11-17(16)18;;;/h3-11H,1,12H2,2H3;;;/q;+2;2*-1. The van der Waals surface area contributed by atoms with E-state index >= 15 is 0 Å². The molecule has 0 unspecified atom stereocenters. The van der Waals surface area contributed by atoms with Gasteiger partial charge in [-0.15, -0.1) is 0 Å². The molecule has 0 aliphatic heterocycles. The first-order chi connectivity index (χ1) is 10.5. The normalized spacial score (nSPS) is 11.3. The van der Waals surface area contributed by atoms with Gasteiger partial charge in [-0.3, -0.25) is 4.18 Å². The summed E-state index contributed by atoms with van der Waals surface area (Å²) in [5.74, 6) is 0. The molecule has 0 amide bonds. The van der Waals surface area contributed by atoms with Crippen LogP contribution in [0.5, 0.6) is 0 Å². The first kappa shape index (κ1) is 17.9. The molecule has 0 N–H and O–H groups in total. The van der Waals surface area contributed by atoms with Crippen molar-refractivity contribution in [2.24, 2.45) is 0 Å². The molecule has 5 heteroatoms. The number of hydrogen-bond acceptors (Lipinski definition) is 3. The van der Waals surface area contributed by atoms with Crippen LogP contribution in [0.3, 0.4) is 0 Å². The van der Waals surface area contributed by atoms with Crippen LogP contribution < -0.4 is 0 Å². The second kappa shape index (κ2) is 7.01. The summed E-state index contributed by atoms with van der Waals surface area (Å²) in [4.78, 5) is 0.192. The Morgan fingerprint density at radius 3 is 2.30 bits per heavy atom. The van der Waals surface area contributed by atoms with Crippen LogP contribution in [0.15, 0.2) is 71.6 Å². The monoisotopic (exact) mass is 338 g/mol. The summed E-state index contributed by atoms with van der Waals surface area (Å²) in [5.41, 5.74) is 0.661. The van der Waals surface area contributed by atoms with Gasteiger partial charge in [0, 0.05) is 5.39 Å². The van der Waals surface area contributed by atoms with Gasteiger partial charge in [0.15, 0.2) is 0 Å². The largest absolute Gasteiger partial charge is 2.00 e. The second-order valence-corrected chi connectivity index (χ2v) is 6.93. The van der Waals surface area contributed by atoms with Crippen molar-refractivity contribution in [2.45, 2.75) is 11.8 Å². The Kier molecular flexibility index (Phi) is 5.47. The molecule has 0 radical (unpaired) electrons. The molecule has 0 bridgehead atoms. The van der Waals surface area contributed by atoms with Gasteiger partial charge in [0.05, 0.1) is 6.61 Å². The summed E-state index contributed by atoms with van der Waals surface area (Å²) in [6.45, 7) is 5.39. The van der Waals surface area contributed by atoms with E-state index in [9.17, 15) is 8.42 Å². The van der Waals surface area contributed by atoms with Crippen LogP contribution in [-0.2, 0) is 14.3 Å². The third-order valence-corrected chi connectivity index (χ3v) is 4.76. The zero-order valence-corrected chi connectivity index (χ0v) is 15.2. The number of fused-ring (bicyclic) bond motifs is 2. The Hall–Kier alpha value is -1.40. The van der Waals surface area contributed by atoms with Crippen LogP contribution >= 0.6 is 0 Å². The minimum atomic E-state index is -3.81. The van der Waals surface area contributed by atoms with Crippen LogP contribution in [0.1, 0.15) is 9.78 Å². The maximum atomic E-state index is 12.4. The smallest absolute Gasteiger partial charge is 1.00 e. The molecule has 0 saturated carbocycles. The van der Waals surface area contributed by atoms with Crippen LogP contribution in [-0.4, -0.2) is 38.1 Å². The fourth-order valence-electron chi connectivity index (χ4n) is 2.40. The van der Waals surface area contributed by atoms with E-state index in [1.54, 1.807) is 19.1 Å². The minimum Gasteiger partial charge on any atom is -1.00 e. The van der Waals surface area contributed by atoms with Crippen molar-refractivity contribution in [1.82, 2.24) is 0 Å². The molecule has 0 heterocycles. The molecule has 116 valence electrons. The van der Waals surface area contributed by atoms with Crippen LogP contribution in [0.2, 0.25) is 0 Å². The van der Waals surface area contributed by atoms with E-state index in [-0.39, 0.29) is 37.4 Å². The topological polar surface area (TPSA) is 43.4 Å². The predicted molar refractivity (Wildman–Crippen MR) is 97.4 cm³/mol. The second-order valence-electron chi connectivity index (χ2n) is 5.35. The van der Waals surface area contributed by atoms with Crippen molar-refractivity contribution < 1.29 is 15.5 Å². The molecular weight excluding hydrogens is 321 g/mol. The Balaban J connectivity index is 0.00000192. The van der Waals surface area contributed by atoms with E-state index in [4.69, 9.17) is 4.18 Å². The summed E-state index contributed by atoms with van der Waals surface area (Å²) in [5, 5.41) is 3.62. The molecule has 3 rings (SSSR count). The third-order valence-electron chi connectivity index (χ3n) is 3.44. The number of rotatable bonds is 4. The van der Waals surface area contributed by atoms with Crippen LogP contribution in [0.4, 0.5) is 0 Å². The molecule has 3 aromatic carbocycles. The number of benzene rings is 3. The van der Waals surface area contributed by atoms with E-state index < -0.39 is 10.1 Å². The molecule has 0 aromatic heterocycles. The van der Waals surface area contributed by atoms with Gasteiger partial charge in [0.2, 0.25) is 0 Å². The first-order valence-corrected chi connectivity index (χ1v) is 8.33. The molecule has 0 aliphatic rings. The van der Waals surface area contributed by atoms with Crippen LogP contribution in [0.25, 0.3) is 21.5 Å². The fourth-order valence-corrected chi connectivity index (χ4v) is 3.57. The van der Waals surface area contributed by atoms with Gasteiger partial charge in [-0.25, -0.2) is 0 Å². The molecule has 0 fully saturated rings. The summed E-state index contributed by atoms with van der Waals surface area (Å²) in [6, 6.07) is 17.0. The molecule has 3 aromatic rings. The van der Waals surface area contributed by atoms with Crippen molar-refractivity contribution in [1.29, 1.82) is 0 Å². The molecular formula is C18H18MgO3S. The van der Waals surface area contributed by atoms with Gasteiger partial charge in [-0.2, -0.15) is 8.42 Å². The zero-order valence-electron chi connectivity index (χ0n) is 15.0. The SMILES string of the molecule is C=C(C)COS(=O)(=O)c1cccc2cc3ccccc3cc12.[H-].[H-].[Mg+2]. The summed E-state index contributed by atoms with van der Waals surface area (Å²) in [7, 11) is -3.81. The summed E-state index contributed by atoms with van der Waals surface area (Å²) in [6.07, 6.45) is 0. The van der Waals surface area contributed by atoms with Gasteiger partial charge in [-0.05, 0) is 41.3 Å². The van der Waals surface area contributed by atoms with Gasteiger partial charge in [0.25, 0.3) is 10.1 Å². The molecule has 3 nitrogen and oxygen atoms in total. The van der Waals surface area contributed by atoms with E-state index in [2.05, 4.69) is 6.58 Å². The average Bonchev–Trinajstić information content (AvgIpc) is 2.50. The average molecular weight is 339 g/mol. The van der Waals surface area contributed by atoms with E-state index in [0.717, 1.165) is 16.2 Å². The minimum absolute atomic E-state index is 0. The molecule has 0 saturated heterocycles. The molecule has 23 heavy (non-hydrogen) atoms. The van der Waals surface area contributed by atoms with Gasteiger partial charge in [-0.1, -0.05) is 48.6 Å². The van der Waals surface area contributed by atoms with Crippen molar-refractivity contribution in [3.05, 3.63) is 66.7 Å². The van der Waals surface area contributed by atoms with Gasteiger partial charge < -0.3 is 2.85 Å². The number of hydrogen-bond donors (Lipinski definition) is 0. The molecule has 0 atom stereocenters. The van der Waals surface area contributed by atoms with E-state index in [1.807, 2.05) is 42.5 Å². The third kappa shape index (κ3) is 3.75. The fraction of sp³-hybridized carbons (Fsp3) is 0.111. The Morgan fingerprint density at radius 2 is 1.65 bits per heavy atom. The summed E-state index contributed by atoms with van der Waals surface area (Å²) >= 11 is 0. The van der Waals surface area contributed by atoms with E-state index in [1.165, 1.54) is 0 Å². The summed E-state index contributed by atoms with van der Waals surface area (Å²) < 4.78 is 29.9. The van der Waals surface area contributed by atoms with Crippen molar-refractivity contribution in [3.63, 3.8) is 0 Å². The Labute approximate surface area is 155 Å². The maximum absolute atomic E-state index is 12.4.